The molecule has 2 heterocycles. The van der Waals surface area contributed by atoms with Crippen molar-refractivity contribution in [2.45, 2.75) is 39.8 Å². The Morgan fingerprint density at radius 2 is 2.04 bits per heavy atom. The molecule has 1 N–H and O–H groups in total. The lowest BCUT2D eigenvalue weighted by Crippen LogP contribution is -2.38. The Bertz CT molecular complexity index is 904. The molecule has 0 saturated carbocycles. The van der Waals surface area contributed by atoms with Crippen LogP contribution < -0.4 is 5.32 Å². The fourth-order valence-electron chi connectivity index (χ4n) is 3.57. The second-order valence-corrected chi connectivity index (χ2v) is 6.71. The molecule has 0 radical (unpaired) electrons. The van der Waals surface area contributed by atoms with Gasteiger partial charge in [0.05, 0.1) is 12.2 Å². The van der Waals surface area contributed by atoms with Crippen LogP contribution in [-0.2, 0) is 33.0 Å². The summed E-state index contributed by atoms with van der Waals surface area (Å²) in [6, 6.07) is 10.2. The molecule has 27 heavy (non-hydrogen) atoms. The highest BCUT2D eigenvalue weighted by molar-refractivity contribution is 5.80. The van der Waals surface area contributed by atoms with E-state index in [1.54, 1.807) is 0 Å². The fourth-order valence-corrected chi connectivity index (χ4v) is 3.57. The Kier molecular flexibility index (Phi) is 5.84. The van der Waals surface area contributed by atoms with Crippen molar-refractivity contribution in [1.82, 2.24) is 20.0 Å². The van der Waals surface area contributed by atoms with Crippen molar-refractivity contribution in [3.05, 3.63) is 53.0 Å². The van der Waals surface area contributed by atoms with Crippen LogP contribution in [0.2, 0.25) is 0 Å². The topological polar surface area (TPSA) is 58.6 Å². The van der Waals surface area contributed by atoms with Crippen LogP contribution >= 0.6 is 0 Å². The molecule has 6 nitrogen and oxygen atoms in total. The minimum atomic E-state index is 0.655. The number of nitrogens with zero attached hydrogens (tertiary/aromatic N) is 4. The number of hydrogen-bond acceptors (Lipinski definition) is 3. The number of guanidine groups is 1. The van der Waals surface area contributed by atoms with Crippen molar-refractivity contribution in [3.63, 3.8) is 0 Å². The predicted octanol–water partition coefficient (Wildman–Crippen LogP) is 3.50. The zero-order valence-corrected chi connectivity index (χ0v) is 16.9. The zero-order chi connectivity index (χ0) is 19.4. The van der Waals surface area contributed by atoms with Crippen molar-refractivity contribution in [2.75, 3.05) is 14.1 Å². The van der Waals surface area contributed by atoms with E-state index in [2.05, 4.69) is 46.3 Å². The van der Waals surface area contributed by atoms with Gasteiger partial charge in [-0.1, -0.05) is 32.0 Å². The molecular weight excluding hydrogens is 338 g/mol. The van der Waals surface area contributed by atoms with Crippen LogP contribution in [-0.4, -0.2) is 34.7 Å². The number of para-hydroxylation sites is 1. The van der Waals surface area contributed by atoms with E-state index in [9.17, 15) is 0 Å². The molecule has 0 bridgehead atoms. The van der Waals surface area contributed by atoms with Gasteiger partial charge in [0, 0.05) is 44.3 Å². The van der Waals surface area contributed by atoms with Crippen LogP contribution in [0.1, 0.15) is 36.6 Å². The summed E-state index contributed by atoms with van der Waals surface area (Å²) in [5.41, 5.74) is 4.62. The summed E-state index contributed by atoms with van der Waals surface area (Å²) in [5.74, 6) is 1.76. The van der Waals surface area contributed by atoms with E-state index in [0.717, 1.165) is 47.8 Å². The lowest BCUT2D eigenvalue weighted by atomic mass is 10.1. The van der Waals surface area contributed by atoms with Gasteiger partial charge in [-0.2, -0.15) is 5.10 Å². The number of aliphatic imine (C=N–C) groups is 1. The van der Waals surface area contributed by atoms with E-state index in [4.69, 9.17) is 4.42 Å². The van der Waals surface area contributed by atoms with E-state index < -0.39 is 0 Å². The highest BCUT2D eigenvalue weighted by Crippen LogP contribution is 2.20. The molecule has 0 saturated heterocycles. The van der Waals surface area contributed by atoms with Crippen molar-refractivity contribution in [1.29, 1.82) is 0 Å². The first-order valence-electron chi connectivity index (χ1n) is 9.50. The van der Waals surface area contributed by atoms with Gasteiger partial charge in [0.2, 0.25) is 0 Å². The molecule has 2 aromatic heterocycles. The molecule has 0 unspecified atom stereocenters. The van der Waals surface area contributed by atoms with Crippen LogP contribution in [0.15, 0.2) is 39.7 Å². The molecule has 3 aromatic rings. The molecular formula is C21H29N5O. The maximum Gasteiger partial charge on any atom is 0.194 e. The van der Waals surface area contributed by atoms with Gasteiger partial charge in [0.1, 0.15) is 11.3 Å². The second-order valence-electron chi connectivity index (χ2n) is 6.71. The first-order valence-corrected chi connectivity index (χ1v) is 9.50. The monoisotopic (exact) mass is 367 g/mol. The van der Waals surface area contributed by atoms with Gasteiger partial charge in [0.25, 0.3) is 0 Å². The number of rotatable bonds is 6. The summed E-state index contributed by atoms with van der Waals surface area (Å²) in [7, 11) is 5.85. The summed E-state index contributed by atoms with van der Waals surface area (Å²) in [4.78, 5) is 6.51. The summed E-state index contributed by atoms with van der Waals surface area (Å²) < 4.78 is 7.93. The van der Waals surface area contributed by atoms with Crippen molar-refractivity contribution in [3.8, 4) is 0 Å². The highest BCUT2D eigenvalue weighted by atomic mass is 16.3. The van der Waals surface area contributed by atoms with Gasteiger partial charge in [-0.15, -0.1) is 0 Å². The van der Waals surface area contributed by atoms with Crippen LogP contribution in [0.5, 0.6) is 0 Å². The van der Waals surface area contributed by atoms with E-state index in [1.807, 2.05) is 44.0 Å². The fraction of sp³-hybridized carbons (Fsp3) is 0.429. The molecule has 0 aliphatic rings. The third kappa shape index (κ3) is 3.99. The third-order valence-electron chi connectivity index (χ3n) is 4.89. The molecule has 0 aliphatic heterocycles. The quantitative estimate of drug-likeness (QED) is 0.535. The van der Waals surface area contributed by atoms with Crippen LogP contribution in [0, 0.1) is 0 Å². The van der Waals surface area contributed by atoms with Gasteiger partial charge in [-0.3, -0.25) is 9.67 Å². The molecule has 0 atom stereocenters. The number of hydrogen-bond donors (Lipinski definition) is 1. The third-order valence-corrected chi connectivity index (χ3v) is 4.89. The lowest BCUT2D eigenvalue weighted by molar-refractivity contribution is 0.412. The summed E-state index contributed by atoms with van der Waals surface area (Å²) in [6.07, 6.45) is 1.90. The first-order chi connectivity index (χ1) is 13.1. The van der Waals surface area contributed by atoms with Crippen LogP contribution in [0.4, 0.5) is 0 Å². The second kappa shape index (κ2) is 8.29. The average molecular weight is 367 g/mol. The predicted molar refractivity (Wildman–Crippen MR) is 110 cm³/mol. The number of benzene rings is 1. The van der Waals surface area contributed by atoms with Crippen molar-refractivity contribution < 1.29 is 4.42 Å². The molecule has 3 rings (SSSR count). The van der Waals surface area contributed by atoms with Gasteiger partial charge < -0.3 is 14.6 Å². The Morgan fingerprint density at radius 1 is 1.26 bits per heavy atom. The normalized spacial score (nSPS) is 12.0. The van der Waals surface area contributed by atoms with E-state index in [1.165, 1.54) is 11.3 Å². The number of aryl methyl sites for hydroxylation is 2. The Hall–Kier alpha value is -2.76. The van der Waals surface area contributed by atoms with Gasteiger partial charge in [-0.25, -0.2) is 0 Å². The number of aromatic nitrogens is 2. The van der Waals surface area contributed by atoms with Crippen molar-refractivity contribution in [2.24, 2.45) is 12.0 Å². The summed E-state index contributed by atoms with van der Waals surface area (Å²) in [5, 5.41) is 9.26. The molecule has 0 fully saturated rings. The highest BCUT2D eigenvalue weighted by Gasteiger charge is 2.15. The molecule has 6 heteroatoms. The largest absolute Gasteiger partial charge is 0.459 e. The molecule has 144 valence electrons. The molecule has 0 spiro atoms. The summed E-state index contributed by atoms with van der Waals surface area (Å²) in [6.45, 7) is 5.69. The molecule has 0 aliphatic carbocycles. The molecule has 1 aromatic carbocycles. The van der Waals surface area contributed by atoms with Crippen molar-refractivity contribution >= 4 is 16.9 Å². The van der Waals surface area contributed by atoms with Gasteiger partial charge in [0.15, 0.2) is 5.96 Å². The van der Waals surface area contributed by atoms with Gasteiger partial charge >= 0.3 is 0 Å². The molecule has 0 amide bonds. The number of nitrogens with one attached hydrogen (secondary N) is 1. The van der Waals surface area contributed by atoms with E-state index in [0.29, 0.717) is 6.54 Å². The Balaban J connectivity index is 1.70. The smallest absolute Gasteiger partial charge is 0.194 e. The Morgan fingerprint density at radius 3 is 2.70 bits per heavy atom. The van der Waals surface area contributed by atoms with Crippen LogP contribution in [0.3, 0.4) is 0 Å². The average Bonchev–Trinajstić information content (AvgIpc) is 3.21. The van der Waals surface area contributed by atoms with Gasteiger partial charge in [-0.05, 0) is 25.0 Å². The van der Waals surface area contributed by atoms with E-state index in [-0.39, 0.29) is 0 Å². The number of fused-ring (bicyclic) bond motifs is 1. The lowest BCUT2D eigenvalue weighted by Gasteiger charge is -2.21. The maximum absolute atomic E-state index is 5.93. The summed E-state index contributed by atoms with van der Waals surface area (Å²) >= 11 is 0. The van der Waals surface area contributed by atoms with Crippen LogP contribution in [0.25, 0.3) is 11.0 Å². The minimum absolute atomic E-state index is 0.655. The standard InChI is InChI=1S/C21H29N5O/c1-6-18-17(19(7-2)26(5)24-18)13-23-21(22-3)25(4)14-16-12-15-10-8-9-11-20(15)27-16/h8-12H,6-7,13-14H2,1-5H3,(H,22,23). The maximum atomic E-state index is 5.93. The zero-order valence-electron chi connectivity index (χ0n) is 16.9. The van der Waals surface area contributed by atoms with E-state index >= 15 is 0 Å². The first kappa shape index (κ1) is 19.0. The Labute approximate surface area is 160 Å². The number of furan rings is 1. The SMILES string of the molecule is CCc1nn(C)c(CC)c1CNC(=NC)N(C)Cc1cc2ccccc2o1. The minimum Gasteiger partial charge on any atom is -0.459 e.